The molecule has 0 amide bonds. The lowest BCUT2D eigenvalue weighted by Gasteiger charge is -2.08. The summed E-state index contributed by atoms with van der Waals surface area (Å²) in [5, 5.41) is 10.1. The van der Waals surface area contributed by atoms with E-state index in [1.807, 2.05) is 43.3 Å². The molecule has 0 bridgehead atoms. The van der Waals surface area contributed by atoms with Crippen LogP contribution in [0.15, 0.2) is 40.8 Å². The Hall–Kier alpha value is -1.54. The Morgan fingerprint density at radius 1 is 1.12 bits per heavy atom. The average Bonchev–Trinajstić information content (AvgIpc) is 2.75. The van der Waals surface area contributed by atoms with Crippen molar-refractivity contribution in [3.8, 4) is 0 Å². The molecule has 0 radical (unpaired) electrons. The van der Waals surface area contributed by atoms with Gasteiger partial charge in [0, 0.05) is 0 Å². The number of rotatable bonds is 3. The van der Waals surface area contributed by atoms with Gasteiger partial charge in [0.05, 0.1) is 0 Å². The van der Waals surface area contributed by atoms with Crippen LogP contribution < -0.4 is 0 Å². The van der Waals surface area contributed by atoms with Crippen LogP contribution >= 0.6 is 0 Å². The summed E-state index contributed by atoms with van der Waals surface area (Å²) in [5.74, 6) is 1.42. The second-order valence-electron chi connectivity index (χ2n) is 3.95. The van der Waals surface area contributed by atoms with Gasteiger partial charge in [0.25, 0.3) is 0 Å². The van der Waals surface area contributed by atoms with E-state index in [1.54, 1.807) is 0 Å². The van der Waals surface area contributed by atoms with E-state index in [-0.39, 0.29) is 0 Å². The maximum atomic E-state index is 10.1. The molecule has 2 heteroatoms. The summed E-state index contributed by atoms with van der Waals surface area (Å²) in [6.45, 7) is 3.98. The summed E-state index contributed by atoms with van der Waals surface area (Å²) in [6, 6.07) is 11.6. The number of furan rings is 1. The van der Waals surface area contributed by atoms with Crippen LogP contribution in [0.4, 0.5) is 0 Å². The number of benzene rings is 1. The van der Waals surface area contributed by atoms with Crippen LogP contribution in [0.2, 0.25) is 0 Å². The zero-order valence-corrected chi connectivity index (χ0v) is 9.60. The van der Waals surface area contributed by atoms with Gasteiger partial charge in [-0.3, -0.25) is 0 Å². The fourth-order valence-corrected chi connectivity index (χ4v) is 1.70. The number of hydrogen-bond donors (Lipinski definition) is 1. The van der Waals surface area contributed by atoms with Crippen molar-refractivity contribution >= 4 is 0 Å². The molecule has 0 fully saturated rings. The van der Waals surface area contributed by atoms with Gasteiger partial charge in [-0.15, -0.1) is 0 Å². The molecule has 0 aliphatic carbocycles. The molecule has 0 unspecified atom stereocenters. The van der Waals surface area contributed by atoms with Crippen molar-refractivity contribution in [2.45, 2.75) is 26.4 Å². The molecule has 16 heavy (non-hydrogen) atoms. The van der Waals surface area contributed by atoms with E-state index in [2.05, 4.69) is 6.92 Å². The van der Waals surface area contributed by atoms with Crippen molar-refractivity contribution < 1.29 is 9.52 Å². The first kappa shape index (κ1) is 11.0. The van der Waals surface area contributed by atoms with E-state index in [1.165, 1.54) is 5.56 Å². The molecule has 84 valence electrons. The SMILES string of the molecule is CCc1ccc([C@H](O)c2ccc(C)o2)cc1. The lowest BCUT2D eigenvalue weighted by atomic mass is 10.0. The van der Waals surface area contributed by atoms with Crippen molar-refractivity contribution in [3.05, 3.63) is 59.0 Å². The monoisotopic (exact) mass is 216 g/mol. The Balaban J connectivity index is 2.23. The van der Waals surface area contributed by atoms with Crippen molar-refractivity contribution in [1.82, 2.24) is 0 Å². The quantitative estimate of drug-likeness (QED) is 0.854. The Bertz CT molecular complexity index is 454. The molecule has 2 aromatic rings. The summed E-state index contributed by atoms with van der Waals surface area (Å²) in [5.41, 5.74) is 2.14. The first-order valence-corrected chi connectivity index (χ1v) is 5.54. The predicted molar refractivity (Wildman–Crippen MR) is 63.3 cm³/mol. The highest BCUT2D eigenvalue weighted by atomic mass is 16.4. The molecule has 0 saturated carbocycles. The summed E-state index contributed by atoms with van der Waals surface area (Å²) < 4.78 is 5.41. The molecule has 0 saturated heterocycles. The fourth-order valence-electron chi connectivity index (χ4n) is 1.70. The van der Waals surface area contributed by atoms with Crippen LogP contribution in [-0.2, 0) is 6.42 Å². The Kier molecular flexibility index (Phi) is 3.11. The molecule has 2 rings (SSSR count). The molecular weight excluding hydrogens is 200 g/mol. The highest BCUT2D eigenvalue weighted by molar-refractivity contribution is 5.28. The van der Waals surface area contributed by atoms with E-state index >= 15 is 0 Å². The van der Waals surface area contributed by atoms with Crippen molar-refractivity contribution in [2.75, 3.05) is 0 Å². The standard InChI is InChI=1S/C14H16O2/c1-3-11-5-7-12(8-6-11)14(15)13-9-4-10(2)16-13/h4-9,14-15H,3H2,1-2H3/t14-/m0/s1. The van der Waals surface area contributed by atoms with E-state index in [9.17, 15) is 5.11 Å². The molecule has 1 atom stereocenters. The van der Waals surface area contributed by atoms with E-state index < -0.39 is 6.10 Å². The van der Waals surface area contributed by atoms with Gasteiger partial charge < -0.3 is 9.52 Å². The molecule has 1 heterocycles. The van der Waals surface area contributed by atoms with E-state index in [0.717, 1.165) is 17.7 Å². The van der Waals surface area contributed by atoms with Crippen molar-refractivity contribution in [1.29, 1.82) is 0 Å². The third kappa shape index (κ3) is 2.17. The normalized spacial score (nSPS) is 12.7. The average molecular weight is 216 g/mol. The van der Waals surface area contributed by atoms with Crippen LogP contribution in [0.25, 0.3) is 0 Å². The van der Waals surface area contributed by atoms with Gasteiger partial charge in [-0.2, -0.15) is 0 Å². The van der Waals surface area contributed by atoms with Crippen LogP contribution in [0.5, 0.6) is 0 Å². The van der Waals surface area contributed by atoms with Crippen LogP contribution in [0.3, 0.4) is 0 Å². The lowest BCUT2D eigenvalue weighted by Crippen LogP contribution is -1.97. The van der Waals surface area contributed by atoms with Gasteiger partial charge >= 0.3 is 0 Å². The first-order chi connectivity index (χ1) is 7.70. The minimum absolute atomic E-state index is 0.599. The Morgan fingerprint density at radius 3 is 2.31 bits per heavy atom. The van der Waals surface area contributed by atoms with Crippen LogP contribution in [0.1, 0.15) is 35.7 Å². The second kappa shape index (κ2) is 4.54. The molecule has 0 aliphatic rings. The second-order valence-corrected chi connectivity index (χ2v) is 3.95. The topological polar surface area (TPSA) is 33.4 Å². The highest BCUT2D eigenvalue weighted by Gasteiger charge is 2.13. The van der Waals surface area contributed by atoms with Crippen LogP contribution in [0, 0.1) is 6.92 Å². The molecule has 0 aliphatic heterocycles. The molecular formula is C14H16O2. The number of hydrogen-bond acceptors (Lipinski definition) is 2. The van der Waals surface area contributed by atoms with Gasteiger partial charge in [-0.25, -0.2) is 0 Å². The van der Waals surface area contributed by atoms with Gasteiger partial charge in [-0.05, 0) is 36.6 Å². The minimum Gasteiger partial charge on any atom is -0.463 e. The third-order valence-electron chi connectivity index (χ3n) is 2.73. The zero-order valence-electron chi connectivity index (χ0n) is 9.60. The van der Waals surface area contributed by atoms with Gasteiger partial charge in [0.15, 0.2) is 0 Å². The Labute approximate surface area is 95.5 Å². The van der Waals surface area contributed by atoms with E-state index in [4.69, 9.17) is 4.42 Å². The third-order valence-corrected chi connectivity index (χ3v) is 2.73. The predicted octanol–water partition coefficient (Wildman–Crippen LogP) is 3.23. The summed E-state index contributed by atoms with van der Waals surface area (Å²) >= 11 is 0. The number of aliphatic hydroxyl groups excluding tert-OH is 1. The van der Waals surface area contributed by atoms with Crippen LogP contribution in [-0.4, -0.2) is 5.11 Å². The smallest absolute Gasteiger partial charge is 0.137 e. The van der Waals surface area contributed by atoms with Gasteiger partial charge in [-0.1, -0.05) is 31.2 Å². The summed E-state index contributed by atoms with van der Waals surface area (Å²) in [4.78, 5) is 0. The number of aryl methyl sites for hydroxylation is 2. The molecule has 1 N–H and O–H groups in total. The Morgan fingerprint density at radius 2 is 1.81 bits per heavy atom. The summed E-state index contributed by atoms with van der Waals surface area (Å²) in [7, 11) is 0. The summed E-state index contributed by atoms with van der Waals surface area (Å²) in [6.07, 6.45) is 0.343. The van der Waals surface area contributed by atoms with Crippen molar-refractivity contribution in [3.63, 3.8) is 0 Å². The van der Waals surface area contributed by atoms with E-state index in [0.29, 0.717) is 5.76 Å². The largest absolute Gasteiger partial charge is 0.463 e. The highest BCUT2D eigenvalue weighted by Crippen LogP contribution is 2.23. The van der Waals surface area contributed by atoms with Gasteiger partial charge in [0.1, 0.15) is 17.6 Å². The maximum absolute atomic E-state index is 10.1. The zero-order chi connectivity index (χ0) is 11.5. The fraction of sp³-hybridized carbons (Fsp3) is 0.286. The molecule has 1 aromatic carbocycles. The molecule has 2 nitrogen and oxygen atoms in total. The lowest BCUT2D eigenvalue weighted by molar-refractivity contribution is 0.187. The molecule has 0 spiro atoms. The maximum Gasteiger partial charge on any atom is 0.137 e. The molecule has 1 aromatic heterocycles. The number of aliphatic hydroxyl groups is 1. The minimum atomic E-state index is -0.667. The first-order valence-electron chi connectivity index (χ1n) is 5.54. The van der Waals surface area contributed by atoms with Gasteiger partial charge in [0.2, 0.25) is 0 Å². The van der Waals surface area contributed by atoms with Crippen molar-refractivity contribution in [2.24, 2.45) is 0 Å².